The Kier molecular flexibility index (Phi) is 2.95. The van der Waals surface area contributed by atoms with Gasteiger partial charge in [0.1, 0.15) is 10.7 Å². The van der Waals surface area contributed by atoms with Crippen LogP contribution in [0.15, 0.2) is 33.7 Å². The third-order valence-corrected chi connectivity index (χ3v) is 3.47. The molecule has 0 amide bonds. The van der Waals surface area contributed by atoms with E-state index in [9.17, 15) is 12.8 Å². The van der Waals surface area contributed by atoms with Gasteiger partial charge in [0, 0.05) is 11.8 Å². The molecule has 3 N–H and O–H groups in total. The van der Waals surface area contributed by atoms with E-state index in [1.807, 2.05) is 0 Å². The Morgan fingerprint density at radius 3 is 2.72 bits per heavy atom. The highest BCUT2D eigenvalue weighted by Gasteiger charge is 2.21. The molecule has 0 unspecified atom stereocenters. The van der Waals surface area contributed by atoms with E-state index in [1.54, 1.807) is 6.92 Å². The van der Waals surface area contributed by atoms with Crippen molar-refractivity contribution in [1.29, 1.82) is 0 Å². The Balaban J connectivity index is 2.39. The lowest BCUT2D eigenvalue weighted by atomic mass is 10.3. The van der Waals surface area contributed by atoms with E-state index in [1.165, 1.54) is 12.1 Å². The van der Waals surface area contributed by atoms with Gasteiger partial charge < -0.3 is 10.3 Å². The summed E-state index contributed by atoms with van der Waals surface area (Å²) in [5.41, 5.74) is 6.07. The first-order valence-corrected chi connectivity index (χ1v) is 6.38. The van der Waals surface area contributed by atoms with Crippen LogP contribution in [0, 0.1) is 12.7 Å². The number of nitrogens with zero attached hydrogens (tertiary/aromatic N) is 1. The molecule has 0 bridgehead atoms. The van der Waals surface area contributed by atoms with Gasteiger partial charge >= 0.3 is 0 Å². The molecule has 96 valence electrons. The molecule has 0 radical (unpaired) electrons. The van der Waals surface area contributed by atoms with Crippen molar-refractivity contribution in [2.75, 3.05) is 10.5 Å². The number of sulfonamides is 1. The number of anilines is 2. The molecule has 0 fully saturated rings. The Morgan fingerprint density at radius 1 is 1.39 bits per heavy atom. The second kappa shape index (κ2) is 4.30. The zero-order valence-corrected chi connectivity index (χ0v) is 10.2. The van der Waals surface area contributed by atoms with Crippen LogP contribution in [-0.2, 0) is 10.0 Å². The van der Waals surface area contributed by atoms with E-state index in [0.29, 0.717) is 5.69 Å². The van der Waals surface area contributed by atoms with E-state index >= 15 is 0 Å². The maximum absolute atomic E-state index is 13.5. The lowest BCUT2D eigenvalue weighted by molar-refractivity contribution is 0.430. The fourth-order valence-electron chi connectivity index (χ4n) is 1.32. The molecule has 2 aromatic rings. The topological polar surface area (TPSA) is 98.2 Å². The van der Waals surface area contributed by atoms with Crippen molar-refractivity contribution < 1.29 is 17.3 Å². The highest BCUT2D eigenvalue weighted by atomic mass is 32.2. The standard InChI is InChI=1S/C10H10FN3O3S/c1-6-4-10(17-13-6)14-18(15,16)9-5-7(12)2-3-8(9)11/h2-5,14H,12H2,1H3. The summed E-state index contributed by atoms with van der Waals surface area (Å²) in [6.07, 6.45) is 0. The van der Waals surface area contributed by atoms with Crippen LogP contribution < -0.4 is 10.5 Å². The zero-order chi connectivity index (χ0) is 13.3. The highest BCUT2D eigenvalue weighted by molar-refractivity contribution is 7.92. The van der Waals surface area contributed by atoms with Crippen LogP contribution in [-0.4, -0.2) is 13.6 Å². The molecular formula is C10H10FN3O3S. The number of nitrogens with one attached hydrogen (secondary N) is 1. The van der Waals surface area contributed by atoms with E-state index in [0.717, 1.165) is 12.1 Å². The predicted octanol–water partition coefficient (Wildman–Crippen LogP) is 1.51. The number of hydrogen-bond acceptors (Lipinski definition) is 5. The summed E-state index contributed by atoms with van der Waals surface area (Å²) in [5, 5.41) is 3.51. The molecule has 0 spiro atoms. The summed E-state index contributed by atoms with van der Waals surface area (Å²) in [5.74, 6) is -0.984. The van der Waals surface area contributed by atoms with E-state index in [4.69, 9.17) is 10.3 Å². The maximum atomic E-state index is 13.5. The van der Waals surface area contributed by atoms with E-state index < -0.39 is 20.7 Å². The second-order valence-corrected chi connectivity index (χ2v) is 5.28. The Labute approximate surface area is 103 Å². The fraction of sp³-hybridized carbons (Fsp3) is 0.100. The molecule has 0 aliphatic heterocycles. The predicted molar refractivity (Wildman–Crippen MR) is 62.9 cm³/mol. The number of nitrogens with two attached hydrogens (primary N) is 1. The van der Waals surface area contributed by atoms with Gasteiger partial charge in [-0.3, -0.25) is 0 Å². The normalized spacial score (nSPS) is 11.4. The summed E-state index contributed by atoms with van der Waals surface area (Å²) in [6.45, 7) is 1.63. The van der Waals surface area contributed by atoms with Crippen molar-refractivity contribution in [2.24, 2.45) is 0 Å². The number of aryl methyl sites for hydroxylation is 1. The second-order valence-electron chi connectivity index (χ2n) is 3.63. The number of nitrogen functional groups attached to an aromatic ring is 1. The summed E-state index contributed by atoms with van der Waals surface area (Å²) in [6, 6.07) is 4.66. The van der Waals surface area contributed by atoms with Gasteiger partial charge in [-0.1, -0.05) is 5.16 Å². The molecule has 0 aliphatic rings. The number of aromatic nitrogens is 1. The highest BCUT2D eigenvalue weighted by Crippen LogP contribution is 2.21. The molecule has 18 heavy (non-hydrogen) atoms. The summed E-state index contributed by atoms with van der Waals surface area (Å²) >= 11 is 0. The average molecular weight is 271 g/mol. The molecule has 8 heteroatoms. The van der Waals surface area contributed by atoms with Crippen LogP contribution in [0.3, 0.4) is 0 Å². The minimum Gasteiger partial charge on any atom is -0.399 e. The number of hydrogen-bond donors (Lipinski definition) is 2. The minimum atomic E-state index is -4.09. The van der Waals surface area contributed by atoms with Crippen molar-refractivity contribution in [3.63, 3.8) is 0 Å². The maximum Gasteiger partial charge on any atom is 0.267 e. The first kappa shape index (κ1) is 12.4. The van der Waals surface area contributed by atoms with Gasteiger partial charge in [-0.25, -0.2) is 17.5 Å². The van der Waals surface area contributed by atoms with Gasteiger partial charge in [0.05, 0.1) is 5.69 Å². The zero-order valence-electron chi connectivity index (χ0n) is 9.34. The molecule has 1 aromatic carbocycles. The van der Waals surface area contributed by atoms with Gasteiger partial charge in [-0.2, -0.15) is 0 Å². The van der Waals surface area contributed by atoms with Crippen molar-refractivity contribution in [3.8, 4) is 0 Å². The van der Waals surface area contributed by atoms with Crippen molar-refractivity contribution >= 4 is 21.6 Å². The van der Waals surface area contributed by atoms with Crippen molar-refractivity contribution in [3.05, 3.63) is 35.8 Å². The van der Waals surface area contributed by atoms with E-state index in [2.05, 4.69) is 9.88 Å². The third-order valence-electron chi connectivity index (χ3n) is 2.11. The summed E-state index contributed by atoms with van der Waals surface area (Å²) in [7, 11) is -4.09. The summed E-state index contributed by atoms with van der Waals surface area (Å²) < 4.78 is 44.0. The molecule has 1 aromatic heterocycles. The largest absolute Gasteiger partial charge is 0.399 e. The van der Waals surface area contributed by atoms with Crippen LogP contribution in [0.5, 0.6) is 0 Å². The Morgan fingerprint density at radius 2 is 2.11 bits per heavy atom. The van der Waals surface area contributed by atoms with Gasteiger partial charge in [0.25, 0.3) is 10.0 Å². The van der Waals surface area contributed by atoms with Gasteiger partial charge in [0.2, 0.25) is 5.88 Å². The van der Waals surface area contributed by atoms with Gasteiger partial charge in [-0.15, -0.1) is 0 Å². The van der Waals surface area contributed by atoms with E-state index in [-0.39, 0.29) is 11.6 Å². The summed E-state index contributed by atoms with van der Waals surface area (Å²) in [4.78, 5) is -0.545. The van der Waals surface area contributed by atoms with Crippen LogP contribution in [0.1, 0.15) is 5.69 Å². The molecule has 2 rings (SSSR count). The number of halogens is 1. The molecule has 0 atom stereocenters. The first-order valence-electron chi connectivity index (χ1n) is 4.89. The lowest BCUT2D eigenvalue weighted by Gasteiger charge is -2.06. The molecule has 0 saturated heterocycles. The lowest BCUT2D eigenvalue weighted by Crippen LogP contribution is -2.14. The third kappa shape index (κ3) is 2.43. The quantitative estimate of drug-likeness (QED) is 0.824. The smallest absolute Gasteiger partial charge is 0.267 e. The van der Waals surface area contributed by atoms with Gasteiger partial charge in [-0.05, 0) is 25.1 Å². The van der Waals surface area contributed by atoms with Crippen LogP contribution in [0.25, 0.3) is 0 Å². The van der Waals surface area contributed by atoms with Gasteiger partial charge in [0.15, 0.2) is 0 Å². The van der Waals surface area contributed by atoms with Crippen LogP contribution >= 0.6 is 0 Å². The molecular weight excluding hydrogens is 261 g/mol. The molecule has 1 heterocycles. The minimum absolute atomic E-state index is 0.0886. The Bertz CT molecular complexity index is 681. The average Bonchev–Trinajstić information content (AvgIpc) is 2.66. The fourth-order valence-corrected chi connectivity index (χ4v) is 2.41. The van der Waals surface area contributed by atoms with Crippen LogP contribution in [0.4, 0.5) is 16.0 Å². The Hall–Kier alpha value is -2.09. The molecule has 6 nitrogen and oxygen atoms in total. The number of benzene rings is 1. The van der Waals surface area contributed by atoms with Crippen LogP contribution in [0.2, 0.25) is 0 Å². The molecule has 0 aliphatic carbocycles. The monoisotopic (exact) mass is 271 g/mol. The number of rotatable bonds is 3. The molecule has 0 saturated carbocycles. The van der Waals surface area contributed by atoms with Crippen molar-refractivity contribution in [1.82, 2.24) is 5.16 Å². The SMILES string of the molecule is Cc1cc(NS(=O)(=O)c2cc(N)ccc2F)on1. The van der Waals surface area contributed by atoms with Crippen molar-refractivity contribution in [2.45, 2.75) is 11.8 Å². The first-order chi connectivity index (χ1) is 8.38.